The molecule has 0 aliphatic carbocycles. The lowest BCUT2D eigenvalue weighted by Gasteiger charge is -2.30. The normalized spacial score (nSPS) is 14.5. The SMILES string of the molecule is CCOc1cc(N2CCOCC2)c(OCC)cc1N=Cc1cc(Cl)ccc1O. The first kappa shape index (κ1) is 20.3. The van der Waals surface area contributed by atoms with E-state index in [1.165, 1.54) is 0 Å². The van der Waals surface area contributed by atoms with Gasteiger partial charge in [-0.25, -0.2) is 0 Å². The summed E-state index contributed by atoms with van der Waals surface area (Å²) in [5.41, 5.74) is 2.13. The van der Waals surface area contributed by atoms with Gasteiger partial charge in [0.1, 0.15) is 22.9 Å². The number of anilines is 1. The molecule has 0 radical (unpaired) electrons. The van der Waals surface area contributed by atoms with Gasteiger partial charge in [0, 0.05) is 42.0 Å². The van der Waals surface area contributed by atoms with Gasteiger partial charge in [-0.1, -0.05) is 11.6 Å². The molecule has 1 aliphatic rings. The average Bonchev–Trinajstić information content (AvgIpc) is 2.71. The summed E-state index contributed by atoms with van der Waals surface area (Å²) in [6.07, 6.45) is 1.57. The van der Waals surface area contributed by atoms with Crippen LogP contribution in [0.2, 0.25) is 5.02 Å². The monoisotopic (exact) mass is 404 g/mol. The van der Waals surface area contributed by atoms with Crippen molar-refractivity contribution in [2.75, 3.05) is 44.4 Å². The minimum atomic E-state index is 0.112. The van der Waals surface area contributed by atoms with Crippen molar-refractivity contribution in [2.45, 2.75) is 13.8 Å². The Morgan fingerprint density at radius 2 is 1.82 bits per heavy atom. The molecule has 28 heavy (non-hydrogen) atoms. The highest BCUT2D eigenvalue weighted by atomic mass is 35.5. The molecule has 1 aliphatic heterocycles. The number of aliphatic imine (C=N–C) groups is 1. The van der Waals surface area contributed by atoms with Crippen LogP contribution in [0.5, 0.6) is 17.2 Å². The van der Waals surface area contributed by atoms with Crippen LogP contribution in [0.3, 0.4) is 0 Å². The van der Waals surface area contributed by atoms with Gasteiger partial charge in [0.15, 0.2) is 0 Å². The van der Waals surface area contributed by atoms with E-state index in [1.54, 1.807) is 24.4 Å². The van der Waals surface area contributed by atoms with Crippen LogP contribution in [0.1, 0.15) is 19.4 Å². The molecular formula is C21H25ClN2O4. The Hall–Kier alpha value is -2.44. The van der Waals surface area contributed by atoms with Crippen molar-refractivity contribution in [2.24, 2.45) is 4.99 Å². The fraction of sp³-hybridized carbons (Fsp3) is 0.381. The van der Waals surface area contributed by atoms with Gasteiger partial charge in [-0.2, -0.15) is 0 Å². The summed E-state index contributed by atoms with van der Waals surface area (Å²) in [5.74, 6) is 1.52. The Morgan fingerprint density at radius 3 is 2.54 bits per heavy atom. The molecule has 0 unspecified atom stereocenters. The third-order valence-electron chi connectivity index (χ3n) is 4.32. The molecule has 3 rings (SSSR count). The second-order valence-electron chi connectivity index (χ2n) is 6.21. The number of hydrogen-bond acceptors (Lipinski definition) is 6. The Bertz CT molecular complexity index is 835. The van der Waals surface area contributed by atoms with Crippen molar-refractivity contribution in [3.63, 3.8) is 0 Å². The van der Waals surface area contributed by atoms with E-state index in [0.717, 1.165) is 24.5 Å². The molecule has 0 atom stereocenters. The maximum absolute atomic E-state index is 10.0. The van der Waals surface area contributed by atoms with Gasteiger partial charge in [0.2, 0.25) is 0 Å². The van der Waals surface area contributed by atoms with Crippen LogP contribution in [0.15, 0.2) is 35.3 Å². The zero-order chi connectivity index (χ0) is 19.9. The molecule has 0 spiro atoms. The molecule has 0 amide bonds. The van der Waals surface area contributed by atoms with Crippen molar-refractivity contribution in [3.8, 4) is 17.2 Å². The summed E-state index contributed by atoms with van der Waals surface area (Å²) in [6.45, 7) is 7.90. The Kier molecular flexibility index (Phi) is 7.01. The zero-order valence-electron chi connectivity index (χ0n) is 16.2. The maximum Gasteiger partial charge on any atom is 0.147 e. The summed E-state index contributed by atoms with van der Waals surface area (Å²) in [4.78, 5) is 6.76. The van der Waals surface area contributed by atoms with Gasteiger partial charge < -0.3 is 24.2 Å². The molecule has 150 valence electrons. The quantitative estimate of drug-likeness (QED) is 0.691. The Morgan fingerprint density at radius 1 is 1.11 bits per heavy atom. The second-order valence-corrected chi connectivity index (χ2v) is 6.65. The highest BCUT2D eigenvalue weighted by Crippen LogP contribution is 2.40. The number of phenols is 1. The third kappa shape index (κ3) is 4.88. The zero-order valence-corrected chi connectivity index (χ0v) is 16.9. The first-order valence-electron chi connectivity index (χ1n) is 9.41. The van der Waals surface area contributed by atoms with Crippen LogP contribution in [-0.4, -0.2) is 50.8 Å². The van der Waals surface area contributed by atoms with E-state index >= 15 is 0 Å². The van der Waals surface area contributed by atoms with Crippen molar-refractivity contribution < 1.29 is 19.3 Å². The number of benzene rings is 2. The first-order valence-corrected chi connectivity index (χ1v) is 9.79. The Labute approximate surface area is 170 Å². The van der Waals surface area contributed by atoms with Crippen LogP contribution in [0.25, 0.3) is 0 Å². The van der Waals surface area contributed by atoms with Crippen molar-refractivity contribution in [1.29, 1.82) is 0 Å². The number of morpholine rings is 1. The molecule has 1 heterocycles. The lowest BCUT2D eigenvalue weighted by molar-refractivity contribution is 0.122. The summed E-state index contributed by atoms with van der Waals surface area (Å²) in [7, 11) is 0. The van der Waals surface area contributed by atoms with Gasteiger partial charge in [0.25, 0.3) is 0 Å². The standard InChI is InChI=1S/C21H25ClN2O4/c1-3-27-20-13-18(24-7-9-26-10-8-24)21(28-4-2)12-17(20)23-14-15-11-16(22)5-6-19(15)25/h5-6,11-14,25H,3-4,7-10H2,1-2H3. The molecule has 7 heteroatoms. The molecule has 1 N–H and O–H groups in total. The van der Waals surface area contributed by atoms with E-state index in [9.17, 15) is 5.11 Å². The number of ether oxygens (including phenoxy) is 3. The van der Waals surface area contributed by atoms with Crippen LogP contribution >= 0.6 is 11.6 Å². The van der Waals surface area contributed by atoms with E-state index in [2.05, 4.69) is 9.89 Å². The van der Waals surface area contributed by atoms with Gasteiger partial charge in [-0.05, 0) is 32.0 Å². The number of hydrogen-bond donors (Lipinski definition) is 1. The summed E-state index contributed by atoms with van der Waals surface area (Å²) in [6, 6.07) is 8.67. The van der Waals surface area contributed by atoms with E-state index in [1.807, 2.05) is 26.0 Å². The molecule has 2 aromatic carbocycles. The first-order chi connectivity index (χ1) is 13.6. The molecule has 0 saturated carbocycles. The fourth-order valence-electron chi connectivity index (χ4n) is 3.00. The van der Waals surface area contributed by atoms with Crippen LogP contribution in [-0.2, 0) is 4.74 Å². The van der Waals surface area contributed by atoms with Gasteiger partial charge in [0.05, 0.1) is 32.1 Å². The van der Waals surface area contributed by atoms with Crippen LogP contribution in [0, 0.1) is 0 Å². The predicted molar refractivity (Wildman–Crippen MR) is 112 cm³/mol. The topological polar surface area (TPSA) is 63.5 Å². The summed E-state index contributed by atoms with van der Waals surface area (Å²) < 4.78 is 17.2. The van der Waals surface area contributed by atoms with Crippen molar-refractivity contribution in [3.05, 3.63) is 40.9 Å². The number of rotatable bonds is 7. The van der Waals surface area contributed by atoms with E-state index in [-0.39, 0.29) is 5.75 Å². The van der Waals surface area contributed by atoms with Crippen LogP contribution < -0.4 is 14.4 Å². The van der Waals surface area contributed by atoms with Gasteiger partial charge >= 0.3 is 0 Å². The molecule has 1 saturated heterocycles. The number of halogens is 1. The van der Waals surface area contributed by atoms with E-state index < -0.39 is 0 Å². The average molecular weight is 405 g/mol. The molecular weight excluding hydrogens is 380 g/mol. The Balaban J connectivity index is 2.00. The van der Waals surface area contributed by atoms with Crippen LogP contribution in [0.4, 0.5) is 11.4 Å². The van der Waals surface area contributed by atoms with Crippen molar-refractivity contribution >= 4 is 29.2 Å². The van der Waals surface area contributed by atoms with Gasteiger partial charge in [-0.3, -0.25) is 4.99 Å². The van der Waals surface area contributed by atoms with Crippen molar-refractivity contribution in [1.82, 2.24) is 0 Å². The minimum absolute atomic E-state index is 0.112. The number of aromatic hydroxyl groups is 1. The highest BCUT2D eigenvalue weighted by Gasteiger charge is 2.19. The summed E-state index contributed by atoms with van der Waals surface area (Å²) >= 11 is 6.02. The smallest absolute Gasteiger partial charge is 0.147 e. The largest absolute Gasteiger partial charge is 0.507 e. The fourth-order valence-corrected chi connectivity index (χ4v) is 3.18. The van der Waals surface area contributed by atoms with E-state index in [0.29, 0.717) is 48.5 Å². The van der Waals surface area contributed by atoms with Gasteiger partial charge in [-0.15, -0.1) is 0 Å². The third-order valence-corrected chi connectivity index (χ3v) is 4.56. The predicted octanol–water partition coefficient (Wildman–Crippen LogP) is 4.43. The number of nitrogens with zero attached hydrogens (tertiary/aromatic N) is 2. The molecule has 2 aromatic rings. The minimum Gasteiger partial charge on any atom is -0.507 e. The second kappa shape index (κ2) is 9.66. The summed E-state index contributed by atoms with van der Waals surface area (Å²) in [5, 5.41) is 10.5. The molecule has 1 fully saturated rings. The molecule has 0 bridgehead atoms. The maximum atomic E-state index is 10.0. The molecule has 0 aromatic heterocycles. The lowest BCUT2D eigenvalue weighted by atomic mass is 10.2. The number of phenolic OH excluding ortho intramolecular Hbond substituents is 1. The molecule has 6 nitrogen and oxygen atoms in total. The lowest BCUT2D eigenvalue weighted by Crippen LogP contribution is -2.36. The van der Waals surface area contributed by atoms with E-state index in [4.69, 9.17) is 25.8 Å². The highest BCUT2D eigenvalue weighted by molar-refractivity contribution is 6.30.